The van der Waals surface area contributed by atoms with Gasteiger partial charge in [-0.1, -0.05) is 31.5 Å². The van der Waals surface area contributed by atoms with E-state index in [1.807, 2.05) is 35.8 Å². The second kappa shape index (κ2) is 14.8. The van der Waals surface area contributed by atoms with Gasteiger partial charge in [0.1, 0.15) is 23.9 Å². The number of amides is 2. The number of carbonyl (C=O) groups is 2. The lowest BCUT2D eigenvalue weighted by Gasteiger charge is -2.36. The van der Waals surface area contributed by atoms with Crippen LogP contribution in [0.5, 0.6) is 5.75 Å². The van der Waals surface area contributed by atoms with Crippen LogP contribution < -0.4 is 20.3 Å². The van der Waals surface area contributed by atoms with Crippen LogP contribution in [0.2, 0.25) is 5.02 Å². The topological polar surface area (TPSA) is 158 Å². The molecule has 3 aliphatic heterocycles. The summed E-state index contributed by atoms with van der Waals surface area (Å²) in [6.45, 7) is 9.18. The summed E-state index contributed by atoms with van der Waals surface area (Å²) >= 11 is 6.68. The molecule has 5 heterocycles. The van der Waals surface area contributed by atoms with Gasteiger partial charge in [0.25, 0.3) is 5.91 Å². The molecule has 3 aliphatic rings. The average molecular weight is 669 g/mol. The first-order valence-corrected chi connectivity index (χ1v) is 16.4. The number of piperazine rings is 1. The number of ether oxygens (including phenoxy) is 2. The number of fused-ring (bicyclic) bond motifs is 1. The van der Waals surface area contributed by atoms with Crippen molar-refractivity contribution in [3.05, 3.63) is 58.4 Å². The molecule has 2 fully saturated rings. The molecule has 2 aromatic heterocycles. The lowest BCUT2D eigenvalue weighted by Crippen LogP contribution is -2.50. The third kappa shape index (κ3) is 8.12. The van der Waals surface area contributed by atoms with Crippen LogP contribution in [0.15, 0.2) is 35.2 Å². The van der Waals surface area contributed by atoms with Gasteiger partial charge >= 0.3 is 0 Å². The number of β-amino-alcohol motifs (C(OH)–C–C–N with tert-alkyl or cyclic N) is 1. The van der Waals surface area contributed by atoms with Gasteiger partial charge in [0.2, 0.25) is 11.9 Å². The normalized spacial score (nSPS) is 17.6. The molecule has 3 N–H and O–H groups in total. The van der Waals surface area contributed by atoms with E-state index in [0.29, 0.717) is 93.7 Å². The highest BCUT2D eigenvalue weighted by Crippen LogP contribution is 2.34. The van der Waals surface area contributed by atoms with Crippen molar-refractivity contribution in [2.24, 2.45) is 5.92 Å². The van der Waals surface area contributed by atoms with Crippen molar-refractivity contribution >= 4 is 35.2 Å². The molecule has 0 aliphatic carbocycles. The van der Waals surface area contributed by atoms with Crippen LogP contribution in [-0.4, -0.2) is 113 Å². The number of hydrogen-bond donors (Lipinski definition) is 3. The Bertz CT molecular complexity index is 1540. The third-order valence-corrected chi connectivity index (χ3v) is 8.92. The standard InChI is InChI=1S/C32H41ClN8O6/c1-20(2)31(44)40-7-9-41(10-8-40)32-37-26(11-28(38-32)36-22-16-45-17-22)30(43)35-12-23(42)15-39-6-5-25-21(14-39)3-4-27(29(25)33)46-18-24-13-34-19-47-24/h3-4,11,13,19-20,22-23,42H,5-10,12,14-18H2,1-2H3,(H,35,43)(H,36,37,38). The Morgan fingerprint density at radius 3 is 2.66 bits per heavy atom. The maximum absolute atomic E-state index is 13.3. The van der Waals surface area contributed by atoms with E-state index in [4.69, 9.17) is 25.5 Å². The Balaban J connectivity index is 1.03. The maximum atomic E-state index is 13.3. The molecule has 0 radical (unpaired) electrons. The zero-order valence-corrected chi connectivity index (χ0v) is 27.4. The van der Waals surface area contributed by atoms with Gasteiger partial charge in [-0.15, -0.1) is 0 Å². The second-order valence-electron chi connectivity index (χ2n) is 12.4. The molecular weight excluding hydrogens is 628 g/mol. The lowest BCUT2D eigenvalue weighted by atomic mass is 9.99. The van der Waals surface area contributed by atoms with Crippen molar-refractivity contribution in [3.63, 3.8) is 0 Å². The lowest BCUT2D eigenvalue weighted by molar-refractivity contribution is -0.134. The molecule has 252 valence electrons. The Morgan fingerprint density at radius 1 is 1.15 bits per heavy atom. The number of anilines is 2. The first-order chi connectivity index (χ1) is 22.7. The molecule has 2 saturated heterocycles. The number of nitrogens with one attached hydrogen (secondary N) is 2. The number of aliphatic hydroxyl groups is 1. The van der Waals surface area contributed by atoms with E-state index in [1.54, 1.807) is 12.3 Å². The first kappa shape index (κ1) is 32.9. The van der Waals surface area contributed by atoms with Crippen LogP contribution in [-0.2, 0) is 29.1 Å². The Kier molecular flexibility index (Phi) is 10.4. The van der Waals surface area contributed by atoms with Crippen molar-refractivity contribution in [1.29, 1.82) is 0 Å². The molecule has 0 spiro atoms. The van der Waals surface area contributed by atoms with Gasteiger partial charge in [-0.2, -0.15) is 4.98 Å². The highest BCUT2D eigenvalue weighted by molar-refractivity contribution is 6.33. The van der Waals surface area contributed by atoms with E-state index in [1.165, 1.54) is 6.39 Å². The van der Waals surface area contributed by atoms with E-state index in [2.05, 4.69) is 30.5 Å². The Labute approximate surface area is 278 Å². The number of oxazole rings is 1. The van der Waals surface area contributed by atoms with E-state index < -0.39 is 12.0 Å². The van der Waals surface area contributed by atoms with Gasteiger partial charge in [0, 0.05) is 64.3 Å². The van der Waals surface area contributed by atoms with E-state index in [-0.39, 0.29) is 36.7 Å². The SMILES string of the molecule is CC(C)C(=O)N1CCN(c2nc(NC3COC3)cc(C(=O)NCC(O)CN3CCc4c(ccc(OCc5cnco5)c4Cl)C3)n2)CC1. The summed E-state index contributed by atoms with van der Waals surface area (Å²) in [6, 6.07) is 5.57. The molecule has 2 amide bonds. The van der Waals surface area contributed by atoms with Crippen LogP contribution >= 0.6 is 11.6 Å². The first-order valence-electron chi connectivity index (χ1n) is 16.0. The molecule has 1 aromatic carbocycles. The van der Waals surface area contributed by atoms with Crippen LogP contribution in [0, 0.1) is 5.92 Å². The van der Waals surface area contributed by atoms with Crippen LogP contribution in [0.4, 0.5) is 11.8 Å². The minimum Gasteiger partial charge on any atom is -0.484 e. The number of nitrogens with zero attached hydrogens (tertiary/aromatic N) is 6. The predicted octanol–water partition coefficient (Wildman–Crippen LogP) is 1.96. The number of halogens is 1. The van der Waals surface area contributed by atoms with Crippen LogP contribution in [0.3, 0.4) is 0 Å². The maximum Gasteiger partial charge on any atom is 0.270 e. The molecule has 47 heavy (non-hydrogen) atoms. The molecule has 0 saturated carbocycles. The number of aliphatic hydroxyl groups excluding tert-OH is 1. The van der Waals surface area contributed by atoms with Crippen LogP contribution in [0.1, 0.15) is 41.2 Å². The minimum atomic E-state index is -0.793. The van der Waals surface area contributed by atoms with E-state index in [0.717, 1.165) is 11.1 Å². The van der Waals surface area contributed by atoms with Gasteiger partial charge in [0.15, 0.2) is 12.2 Å². The average Bonchev–Trinajstić information content (AvgIpc) is 3.58. The zero-order chi connectivity index (χ0) is 32.9. The predicted molar refractivity (Wildman–Crippen MR) is 174 cm³/mol. The highest BCUT2D eigenvalue weighted by Gasteiger charge is 2.27. The number of hydrogen-bond acceptors (Lipinski definition) is 12. The fraction of sp³-hybridized carbons (Fsp3) is 0.531. The molecule has 0 bridgehead atoms. The number of rotatable bonds is 12. The zero-order valence-electron chi connectivity index (χ0n) is 26.7. The fourth-order valence-corrected chi connectivity index (χ4v) is 6.16. The number of aromatic nitrogens is 3. The smallest absolute Gasteiger partial charge is 0.270 e. The second-order valence-corrected chi connectivity index (χ2v) is 12.8. The summed E-state index contributed by atoms with van der Waals surface area (Å²) in [5, 5.41) is 17.6. The monoisotopic (exact) mass is 668 g/mol. The summed E-state index contributed by atoms with van der Waals surface area (Å²) in [5.74, 6) is 1.83. The fourth-order valence-electron chi connectivity index (χ4n) is 5.83. The van der Waals surface area contributed by atoms with Crippen molar-refractivity contribution < 1.29 is 28.6 Å². The molecule has 15 heteroatoms. The molecule has 6 rings (SSSR count). The van der Waals surface area contributed by atoms with Crippen molar-refractivity contribution in [2.75, 3.05) is 69.2 Å². The summed E-state index contributed by atoms with van der Waals surface area (Å²) < 4.78 is 16.3. The summed E-state index contributed by atoms with van der Waals surface area (Å²) in [5.41, 5.74) is 2.31. The van der Waals surface area contributed by atoms with Gasteiger partial charge in [-0.05, 0) is 23.6 Å². The highest BCUT2D eigenvalue weighted by atomic mass is 35.5. The molecule has 3 aromatic rings. The molecule has 1 unspecified atom stereocenters. The van der Waals surface area contributed by atoms with Crippen LogP contribution in [0.25, 0.3) is 0 Å². The van der Waals surface area contributed by atoms with Crippen molar-refractivity contribution in [3.8, 4) is 5.75 Å². The van der Waals surface area contributed by atoms with Gasteiger partial charge in [0.05, 0.1) is 36.6 Å². The molecule has 1 atom stereocenters. The molecule has 14 nitrogen and oxygen atoms in total. The van der Waals surface area contributed by atoms with Gasteiger partial charge < -0.3 is 39.4 Å². The number of benzene rings is 1. The summed E-state index contributed by atoms with van der Waals surface area (Å²) in [6.07, 6.45) is 2.87. The summed E-state index contributed by atoms with van der Waals surface area (Å²) in [7, 11) is 0. The minimum absolute atomic E-state index is 0.0601. The largest absolute Gasteiger partial charge is 0.484 e. The van der Waals surface area contributed by atoms with Gasteiger partial charge in [-0.25, -0.2) is 9.97 Å². The van der Waals surface area contributed by atoms with E-state index in [9.17, 15) is 14.7 Å². The van der Waals surface area contributed by atoms with Crippen molar-refractivity contribution in [1.82, 2.24) is 30.1 Å². The molecular formula is C32H41ClN8O6. The third-order valence-electron chi connectivity index (χ3n) is 8.50. The van der Waals surface area contributed by atoms with Gasteiger partial charge in [-0.3, -0.25) is 14.5 Å². The quantitative estimate of drug-likeness (QED) is 0.258. The number of carbonyl (C=O) groups excluding carboxylic acids is 2. The van der Waals surface area contributed by atoms with E-state index >= 15 is 0 Å². The Morgan fingerprint density at radius 2 is 1.96 bits per heavy atom. The summed E-state index contributed by atoms with van der Waals surface area (Å²) in [4.78, 5) is 44.9. The Hall–Kier alpha value is -3.98. The van der Waals surface area contributed by atoms with Crippen molar-refractivity contribution in [2.45, 2.75) is 45.6 Å².